The first-order valence-corrected chi connectivity index (χ1v) is 16.6. The van der Waals surface area contributed by atoms with Crippen LogP contribution in [0.4, 0.5) is 13.2 Å². The molecule has 0 fully saturated rings. The Kier molecular flexibility index (Phi) is 11.2. The van der Waals surface area contributed by atoms with E-state index in [0.29, 0.717) is 12.8 Å². The van der Waals surface area contributed by atoms with E-state index in [0.717, 1.165) is 28.8 Å². The second kappa shape index (κ2) is 13.1. The molecular weight excluding hydrogens is 566 g/mol. The third-order valence-corrected chi connectivity index (χ3v) is 10.9. The highest BCUT2D eigenvalue weighted by Crippen LogP contribution is 2.51. The Morgan fingerprint density at radius 2 is 1.37 bits per heavy atom. The third kappa shape index (κ3) is 8.62. The predicted molar refractivity (Wildman–Crippen MR) is 139 cm³/mol. The number of hydrogen-bond donors (Lipinski definition) is 0. The van der Waals surface area contributed by atoms with Crippen LogP contribution >= 0.6 is 7.60 Å². The van der Waals surface area contributed by atoms with Crippen molar-refractivity contribution in [1.82, 2.24) is 0 Å². The number of rotatable bonds is 14. The predicted octanol–water partition coefficient (Wildman–Crippen LogP) is 7.05. The fourth-order valence-electron chi connectivity index (χ4n) is 3.92. The van der Waals surface area contributed by atoms with Gasteiger partial charge in [-0.1, -0.05) is 50.2 Å². The molecule has 0 heterocycles. The maximum Gasteiger partial charge on any atom is 0.480 e. The molecule has 0 aliphatic carbocycles. The monoisotopic (exact) mass is 598 g/mol. The van der Waals surface area contributed by atoms with Gasteiger partial charge in [-0.05, 0) is 67.3 Å². The molecule has 0 spiro atoms. The standard InChI is InChI=1S/C24H32F3NO7PS2/c1-5-20(22-12-14-23(15-13-22)37(30,31)28-38(32,33)24(25,26)27)16-18(4)21-10-8-19(9-11-21)17-36(29,34-6-2)35-7-3/h8-15,18,20H,5-7,16-17H2,1-4H3/q-1. The molecule has 38 heavy (non-hydrogen) atoms. The molecule has 0 N–H and O–H groups in total. The topological polar surface area (TPSA) is 118 Å². The molecule has 14 heteroatoms. The van der Waals surface area contributed by atoms with Crippen LogP contribution in [-0.4, -0.2) is 35.6 Å². The van der Waals surface area contributed by atoms with E-state index in [2.05, 4.69) is 4.13 Å². The van der Waals surface area contributed by atoms with E-state index >= 15 is 0 Å². The van der Waals surface area contributed by atoms with Crippen molar-refractivity contribution in [2.45, 2.75) is 68.9 Å². The Morgan fingerprint density at radius 3 is 1.82 bits per heavy atom. The molecule has 2 atom stereocenters. The molecule has 2 aromatic rings. The first-order valence-electron chi connectivity index (χ1n) is 11.9. The van der Waals surface area contributed by atoms with Gasteiger partial charge < -0.3 is 13.2 Å². The SMILES string of the molecule is CCOP(=O)(Cc1ccc(C(C)CC(CC)c2ccc(S(=O)(=O)[N-]S(=O)(=O)C(F)(F)F)cc2)cc1)OCC. The zero-order valence-electron chi connectivity index (χ0n) is 21.5. The van der Waals surface area contributed by atoms with Crippen LogP contribution in [0.5, 0.6) is 0 Å². The van der Waals surface area contributed by atoms with Gasteiger partial charge in [0.15, 0.2) is 10.0 Å². The van der Waals surface area contributed by atoms with E-state index in [-0.39, 0.29) is 31.2 Å². The van der Waals surface area contributed by atoms with Crippen LogP contribution < -0.4 is 0 Å². The molecule has 214 valence electrons. The number of benzene rings is 2. The van der Waals surface area contributed by atoms with Crippen LogP contribution in [0.15, 0.2) is 53.4 Å². The molecule has 2 unspecified atom stereocenters. The summed E-state index contributed by atoms with van der Waals surface area (Å²) in [5.41, 5.74) is -3.21. The van der Waals surface area contributed by atoms with Crippen LogP contribution in [-0.2, 0) is 39.8 Å². The van der Waals surface area contributed by atoms with Crippen molar-refractivity contribution in [1.29, 1.82) is 0 Å². The molecule has 0 amide bonds. The number of halogens is 3. The van der Waals surface area contributed by atoms with Gasteiger partial charge >= 0.3 is 13.1 Å². The highest BCUT2D eigenvalue weighted by atomic mass is 32.3. The van der Waals surface area contributed by atoms with E-state index in [1.165, 1.54) is 12.1 Å². The summed E-state index contributed by atoms with van der Waals surface area (Å²) in [6.07, 6.45) is 1.55. The smallest absolute Gasteiger partial charge is 0.424 e. The largest absolute Gasteiger partial charge is 0.480 e. The van der Waals surface area contributed by atoms with Gasteiger partial charge in [0, 0.05) is 4.90 Å². The summed E-state index contributed by atoms with van der Waals surface area (Å²) in [5, 5.41) is 0. The minimum atomic E-state index is -6.19. The molecule has 0 aliphatic heterocycles. The lowest BCUT2D eigenvalue weighted by Gasteiger charge is -2.23. The van der Waals surface area contributed by atoms with E-state index in [4.69, 9.17) is 9.05 Å². The van der Waals surface area contributed by atoms with E-state index in [1.54, 1.807) is 13.8 Å². The average molecular weight is 599 g/mol. The van der Waals surface area contributed by atoms with Crippen molar-refractivity contribution in [3.05, 3.63) is 69.3 Å². The quantitative estimate of drug-likeness (QED) is 0.214. The van der Waals surface area contributed by atoms with Crippen molar-refractivity contribution in [2.24, 2.45) is 0 Å². The molecule has 0 aromatic heterocycles. The number of sulfonamides is 2. The minimum Gasteiger partial charge on any atom is -0.424 e. The summed E-state index contributed by atoms with van der Waals surface area (Å²) in [7, 11) is -14.5. The van der Waals surface area contributed by atoms with Gasteiger partial charge in [-0.15, -0.1) is 0 Å². The zero-order valence-corrected chi connectivity index (χ0v) is 24.0. The molecule has 0 saturated heterocycles. The normalized spacial score (nSPS) is 14.8. The van der Waals surface area contributed by atoms with Crippen molar-refractivity contribution in [2.75, 3.05) is 13.2 Å². The highest BCUT2D eigenvalue weighted by molar-refractivity contribution is 8.12. The molecule has 0 saturated carbocycles. The van der Waals surface area contributed by atoms with Crippen molar-refractivity contribution >= 4 is 27.6 Å². The Hall–Kier alpha value is -1.76. The van der Waals surface area contributed by atoms with Crippen LogP contribution in [0.2, 0.25) is 0 Å². The Labute approximate surface area is 222 Å². The van der Waals surface area contributed by atoms with Gasteiger partial charge in [-0.2, -0.15) is 13.2 Å². The maximum absolute atomic E-state index is 12.8. The van der Waals surface area contributed by atoms with Gasteiger partial charge in [-0.25, -0.2) is 16.8 Å². The molecule has 2 aromatic carbocycles. The van der Waals surface area contributed by atoms with Crippen molar-refractivity contribution < 1.29 is 43.6 Å². The number of hydrogen-bond acceptors (Lipinski definition) is 7. The summed E-state index contributed by atoms with van der Waals surface area (Å²) in [6, 6.07) is 12.6. The van der Waals surface area contributed by atoms with Gasteiger partial charge in [0.25, 0.3) is 0 Å². The lowest BCUT2D eigenvalue weighted by molar-refractivity contribution is -0.0425. The average Bonchev–Trinajstić information content (AvgIpc) is 2.82. The van der Waals surface area contributed by atoms with Crippen LogP contribution in [0.25, 0.3) is 4.13 Å². The first-order chi connectivity index (χ1) is 17.6. The van der Waals surface area contributed by atoms with Crippen LogP contribution in [0.3, 0.4) is 0 Å². The molecule has 0 radical (unpaired) electrons. The molecule has 0 bridgehead atoms. The number of nitrogens with zero attached hydrogens (tertiary/aromatic N) is 1. The first kappa shape index (κ1) is 32.5. The highest BCUT2D eigenvalue weighted by Gasteiger charge is 2.40. The summed E-state index contributed by atoms with van der Waals surface area (Å²) in [4.78, 5) is -0.649. The van der Waals surface area contributed by atoms with Gasteiger partial charge in [0.1, 0.15) is 10.0 Å². The maximum atomic E-state index is 12.8. The second-order valence-corrected chi connectivity index (χ2v) is 14.1. The van der Waals surface area contributed by atoms with Gasteiger partial charge in [0.2, 0.25) is 0 Å². The van der Waals surface area contributed by atoms with Gasteiger partial charge in [0.05, 0.1) is 19.4 Å². The van der Waals surface area contributed by atoms with E-state index in [9.17, 15) is 34.6 Å². The summed E-state index contributed by atoms with van der Waals surface area (Å²) in [5.74, 6) is 0.0864. The van der Waals surface area contributed by atoms with Crippen LogP contribution in [0.1, 0.15) is 69.1 Å². The molecule has 0 aliphatic rings. The van der Waals surface area contributed by atoms with Crippen molar-refractivity contribution in [3.8, 4) is 0 Å². The number of alkyl halides is 3. The van der Waals surface area contributed by atoms with Crippen LogP contribution in [0, 0.1) is 0 Å². The van der Waals surface area contributed by atoms with Crippen molar-refractivity contribution in [3.63, 3.8) is 0 Å². The lowest BCUT2D eigenvalue weighted by atomic mass is 9.84. The Balaban J connectivity index is 2.13. The zero-order chi connectivity index (χ0) is 28.8. The summed E-state index contributed by atoms with van der Waals surface area (Å²) in [6.45, 7) is 8.04. The minimum absolute atomic E-state index is 0.00611. The summed E-state index contributed by atoms with van der Waals surface area (Å²) >= 11 is 0. The lowest BCUT2D eigenvalue weighted by Crippen LogP contribution is -2.24. The fourth-order valence-corrected chi connectivity index (χ4v) is 7.82. The molecule has 2 rings (SSSR count). The third-order valence-electron chi connectivity index (χ3n) is 5.85. The molecular formula is C24H32F3NO7PS2-. The van der Waals surface area contributed by atoms with E-state index < -0.39 is 38.0 Å². The summed E-state index contributed by atoms with van der Waals surface area (Å²) < 4.78 is 110. The Bertz CT molecular complexity index is 1300. The van der Waals surface area contributed by atoms with Gasteiger partial charge in [-0.3, -0.25) is 4.57 Å². The Morgan fingerprint density at radius 1 is 0.868 bits per heavy atom. The van der Waals surface area contributed by atoms with E-state index in [1.807, 2.05) is 38.1 Å². The second-order valence-electron chi connectivity index (χ2n) is 8.63. The fraction of sp³-hybridized carbons (Fsp3) is 0.500. The molecule has 8 nitrogen and oxygen atoms in total.